The Hall–Kier alpha value is -3.67. The second kappa shape index (κ2) is 60.9. The summed E-state index contributed by atoms with van der Waals surface area (Å²) in [5.41, 5.74) is 0. The molecule has 0 spiro atoms. The summed E-state index contributed by atoms with van der Waals surface area (Å²) in [5, 5.41) is 0. The van der Waals surface area contributed by atoms with Gasteiger partial charge in [0.15, 0.2) is 6.10 Å². The molecule has 0 heterocycles. The number of unbranched alkanes of at least 4 members (excludes halogenated alkanes) is 34. The number of carbonyl (C=O) groups excluding carboxylic acids is 3. The van der Waals surface area contributed by atoms with Crippen molar-refractivity contribution in [3.63, 3.8) is 0 Å². The van der Waals surface area contributed by atoms with Gasteiger partial charge in [0, 0.05) is 19.3 Å². The predicted octanol–water partition coefficient (Wildman–Crippen LogP) is 20.9. The Balaban J connectivity index is 4.46. The van der Waals surface area contributed by atoms with Crippen LogP contribution in [-0.2, 0) is 28.6 Å². The molecule has 0 N–H and O–H groups in total. The molecule has 0 aliphatic heterocycles. The van der Waals surface area contributed by atoms with Gasteiger partial charge in [-0.05, 0) is 64.2 Å². The quantitative estimate of drug-likeness (QED) is 0.0261. The number of esters is 3. The van der Waals surface area contributed by atoms with Crippen LogP contribution in [0.3, 0.4) is 0 Å². The van der Waals surface area contributed by atoms with E-state index in [0.29, 0.717) is 19.3 Å². The van der Waals surface area contributed by atoms with Crippen molar-refractivity contribution in [2.45, 2.75) is 297 Å². The van der Waals surface area contributed by atoms with E-state index in [0.717, 1.165) is 109 Å². The monoisotopic (exact) mass is 1010 g/mol. The molecule has 0 aromatic heterocycles. The molecule has 0 radical (unpaired) electrons. The molecule has 0 bridgehead atoms. The van der Waals surface area contributed by atoms with Gasteiger partial charge in [-0.25, -0.2) is 0 Å². The lowest BCUT2D eigenvalue weighted by Gasteiger charge is -2.18. The van der Waals surface area contributed by atoms with E-state index in [4.69, 9.17) is 14.2 Å². The van der Waals surface area contributed by atoms with Crippen LogP contribution >= 0.6 is 0 Å². The van der Waals surface area contributed by atoms with Crippen LogP contribution < -0.4 is 0 Å². The first kappa shape index (κ1) is 69.3. The van der Waals surface area contributed by atoms with E-state index in [1.165, 1.54) is 141 Å². The summed E-state index contributed by atoms with van der Waals surface area (Å²) >= 11 is 0. The molecule has 6 nitrogen and oxygen atoms in total. The number of hydrogen-bond donors (Lipinski definition) is 0. The van der Waals surface area contributed by atoms with Crippen LogP contribution in [0.1, 0.15) is 290 Å². The maximum atomic E-state index is 12.9. The third kappa shape index (κ3) is 59.1. The molecule has 73 heavy (non-hydrogen) atoms. The molecule has 0 aliphatic rings. The van der Waals surface area contributed by atoms with Gasteiger partial charge in [-0.2, -0.15) is 0 Å². The predicted molar refractivity (Wildman–Crippen MR) is 316 cm³/mol. The molecule has 418 valence electrons. The van der Waals surface area contributed by atoms with Crippen molar-refractivity contribution in [2.75, 3.05) is 13.2 Å². The number of allylic oxidation sites excluding steroid dienone is 16. The summed E-state index contributed by atoms with van der Waals surface area (Å²) in [5.74, 6) is -0.929. The summed E-state index contributed by atoms with van der Waals surface area (Å²) in [4.78, 5) is 38.3. The molecule has 0 rings (SSSR count). The third-order valence-corrected chi connectivity index (χ3v) is 13.2. The van der Waals surface area contributed by atoms with Crippen LogP contribution in [0.15, 0.2) is 97.2 Å². The Morgan fingerprint density at radius 1 is 0.274 bits per heavy atom. The minimum atomic E-state index is -0.801. The zero-order chi connectivity index (χ0) is 52.9. The van der Waals surface area contributed by atoms with Gasteiger partial charge in [-0.15, -0.1) is 0 Å². The van der Waals surface area contributed by atoms with Crippen LogP contribution in [0, 0.1) is 0 Å². The Kier molecular flexibility index (Phi) is 57.8. The average molecular weight is 1020 g/mol. The van der Waals surface area contributed by atoms with Crippen LogP contribution in [0.25, 0.3) is 0 Å². The number of ether oxygens (including phenoxy) is 3. The lowest BCUT2D eigenvalue weighted by atomic mass is 10.0. The lowest BCUT2D eigenvalue weighted by Crippen LogP contribution is -2.30. The molecule has 1 atom stereocenters. The standard InChI is InChI=1S/C67H114O6/c1-4-7-10-13-16-19-22-25-28-31-34-37-39-42-45-48-51-54-57-60-66(69)72-63-64(73-67(70)61-58-55-52-49-46-43-40-36-33-30-27-24-21-18-15-12-9-6-3)62-71-65(68)59-56-53-50-47-44-41-38-35-32-29-26-23-20-17-14-11-8-5-2/h12,15,18,21,23-24,26-27,29-30,32-33,35-36,38,40,64H,4-11,13-14,16-17,19-20,22,25,28,31,34,37,39,41-63H2,1-3H3/b15-12-,21-18-,26-23-,27-24-,32-29-,33-30-,38-35-,40-36-. The molecule has 1 unspecified atom stereocenters. The highest BCUT2D eigenvalue weighted by molar-refractivity contribution is 5.71. The fourth-order valence-corrected chi connectivity index (χ4v) is 8.59. The third-order valence-electron chi connectivity index (χ3n) is 13.2. The van der Waals surface area contributed by atoms with Crippen LogP contribution in [0.5, 0.6) is 0 Å². The molecule has 0 amide bonds. The van der Waals surface area contributed by atoms with E-state index in [-0.39, 0.29) is 31.1 Å². The molecule has 0 aromatic rings. The van der Waals surface area contributed by atoms with E-state index >= 15 is 0 Å². The molecule has 0 saturated heterocycles. The van der Waals surface area contributed by atoms with Gasteiger partial charge in [0.2, 0.25) is 0 Å². The van der Waals surface area contributed by atoms with Crippen molar-refractivity contribution in [3.8, 4) is 0 Å². The van der Waals surface area contributed by atoms with Gasteiger partial charge in [0.25, 0.3) is 0 Å². The van der Waals surface area contributed by atoms with Gasteiger partial charge in [0.1, 0.15) is 13.2 Å². The highest BCUT2D eigenvalue weighted by Crippen LogP contribution is 2.16. The van der Waals surface area contributed by atoms with Crippen LogP contribution in [0.4, 0.5) is 0 Å². The first-order chi connectivity index (χ1) is 36.0. The Morgan fingerprint density at radius 3 is 0.822 bits per heavy atom. The van der Waals surface area contributed by atoms with Crippen molar-refractivity contribution in [1.29, 1.82) is 0 Å². The Labute approximate surface area is 451 Å². The first-order valence-corrected chi connectivity index (χ1v) is 30.8. The van der Waals surface area contributed by atoms with Crippen molar-refractivity contribution in [2.24, 2.45) is 0 Å². The summed E-state index contributed by atoms with van der Waals surface area (Å²) in [6.07, 6.45) is 81.1. The van der Waals surface area contributed by atoms with E-state index in [9.17, 15) is 14.4 Å². The highest BCUT2D eigenvalue weighted by Gasteiger charge is 2.19. The van der Waals surface area contributed by atoms with Gasteiger partial charge >= 0.3 is 17.9 Å². The highest BCUT2D eigenvalue weighted by atomic mass is 16.6. The second-order valence-electron chi connectivity index (χ2n) is 20.4. The minimum Gasteiger partial charge on any atom is -0.462 e. The number of hydrogen-bond acceptors (Lipinski definition) is 6. The van der Waals surface area contributed by atoms with Gasteiger partial charge < -0.3 is 14.2 Å². The van der Waals surface area contributed by atoms with E-state index in [1.807, 2.05) is 24.3 Å². The molecule has 0 saturated carbocycles. The number of carbonyl (C=O) groups is 3. The summed E-state index contributed by atoms with van der Waals surface area (Å²) in [7, 11) is 0. The first-order valence-electron chi connectivity index (χ1n) is 30.8. The van der Waals surface area contributed by atoms with Crippen molar-refractivity contribution < 1.29 is 28.6 Å². The second-order valence-corrected chi connectivity index (χ2v) is 20.4. The summed E-state index contributed by atoms with van der Waals surface area (Å²) < 4.78 is 16.9. The van der Waals surface area contributed by atoms with Crippen molar-refractivity contribution in [1.82, 2.24) is 0 Å². The van der Waals surface area contributed by atoms with E-state index in [1.54, 1.807) is 0 Å². The largest absolute Gasteiger partial charge is 0.462 e. The molecule has 0 aliphatic carbocycles. The van der Waals surface area contributed by atoms with Gasteiger partial charge in [-0.3, -0.25) is 14.4 Å². The fourth-order valence-electron chi connectivity index (χ4n) is 8.59. The zero-order valence-corrected chi connectivity index (χ0v) is 47.9. The van der Waals surface area contributed by atoms with Crippen LogP contribution in [-0.4, -0.2) is 37.2 Å². The van der Waals surface area contributed by atoms with Crippen molar-refractivity contribution in [3.05, 3.63) is 97.2 Å². The van der Waals surface area contributed by atoms with E-state index < -0.39 is 6.10 Å². The Bertz CT molecular complexity index is 1440. The zero-order valence-electron chi connectivity index (χ0n) is 47.9. The fraction of sp³-hybridized carbons (Fsp3) is 0.716. The Morgan fingerprint density at radius 2 is 0.521 bits per heavy atom. The van der Waals surface area contributed by atoms with E-state index in [2.05, 4.69) is 93.7 Å². The smallest absolute Gasteiger partial charge is 0.306 e. The lowest BCUT2D eigenvalue weighted by molar-refractivity contribution is -0.167. The number of rotatable bonds is 55. The molecular weight excluding hydrogens is 901 g/mol. The van der Waals surface area contributed by atoms with Gasteiger partial charge in [0.05, 0.1) is 0 Å². The topological polar surface area (TPSA) is 78.9 Å². The average Bonchev–Trinajstić information content (AvgIpc) is 3.39. The minimum absolute atomic E-state index is 0.0934. The molecule has 0 aromatic carbocycles. The maximum absolute atomic E-state index is 12.9. The van der Waals surface area contributed by atoms with Crippen LogP contribution in [0.2, 0.25) is 0 Å². The summed E-state index contributed by atoms with van der Waals surface area (Å²) in [6.45, 7) is 6.53. The maximum Gasteiger partial charge on any atom is 0.306 e. The molecule has 6 heteroatoms. The normalized spacial score (nSPS) is 12.8. The van der Waals surface area contributed by atoms with Gasteiger partial charge in [-0.1, -0.05) is 304 Å². The molecular formula is C67H114O6. The van der Waals surface area contributed by atoms with Crippen molar-refractivity contribution >= 4 is 17.9 Å². The summed E-state index contributed by atoms with van der Waals surface area (Å²) in [6, 6.07) is 0. The molecule has 0 fully saturated rings. The SMILES string of the molecule is CCC\C=C/C=C\C=C/C=C\C=C/CCCCCCCC(=O)OC(COC(=O)CCCCCCC\C=C/C=C\C=C/CCCCCCC)COC(=O)CCCCCCCCCCCCCCCCCCCCC.